The Morgan fingerprint density at radius 2 is 2.21 bits per heavy atom. The lowest BCUT2D eigenvalue weighted by molar-refractivity contribution is 0.494. The first-order valence-corrected chi connectivity index (χ1v) is 4.57. The van der Waals surface area contributed by atoms with E-state index in [4.69, 9.17) is 10.2 Å². The molecule has 0 saturated carbocycles. The average molecular weight is 188 g/mol. The molecule has 0 radical (unpaired) electrons. The molecule has 0 atom stereocenters. The molecule has 2 aromatic rings. The van der Waals surface area contributed by atoms with Gasteiger partial charge in [0, 0.05) is 12.1 Å². The molecular weight excluding hydrogens is 176 g/mol. The molecule has 3 nitrogen and oxygen atoms in total. The molecule has 0 fully saturated rings. The summed E-state index contributed by atoms with van der Waals surface area (Å²) in [6.45, 7) is 0. The van der Waals surface area contributed by atoms with Crippen LogP contribution in [0.3, 0.4) is 0 Å². The molecule has 0 aliphatic rings. The third-order valence-corrected chi connectivity index (χ3v) is 2.06. The van der Waals surface area contributed by atoms with Crippen LogP contribution in [0.4, 0.5) is 5.69 Å². The van der Waals surface area contributed by atoms with Crippen molar-refractivity contribution in [2.75, 3.05) is 5.73 Å². The molecule has 3 heteroatoms. The van der Waals surface area contributed by atoms with Gasteiger partial charge in [-0.1, -0.05) is 12.1 Å². The molecule has 1 aromatic heterocycles. The molecule has 72 valence electrons. The summed E-state index contributed by atoms with van der Waals surface area (Å²) in [5.41, 5.74) is 7.68. The van der Waals surface area contributed by atoms with Crippen LogP contribution in [0.2, 0.25) is 0 Å². The van der Waals surface area contributed by atoms with Crippen molar-refractivity contribution in [3.8, 4) is 0 Å². The van der Waals surface area contributed by atoms with E-state index in [-0.39, 0.29) is 0 Å². The Kier molecular flexibility index (Phi) is 2.49. The quantitative estimate of drug-likeness (QED) is 0.750. The van der Waals surface area contributed by atoms with Crippen LogP contribution in [0.25, 0.3) is 0 Å². The highest BCUT2D eigenvalue weighted by atomic mass is 16.3. The summed E-state index contributed by atoms with van der Waals surface area (Å²) in [6, 6.07) is 7.87. The normalized spacial score (nSPS) is 10.3. The number of nitrogens with two attached hydrogens (primary N) is 1. The second-order valence-corrected chi connectivity index (χ2v) is 3.17. The molecule has 2 rings (SSSR count). The zero-order valence-corrected chi connectivity index (χ0v) is 7.81. The van der Waals surface area contributed by atoms with E-state index in [1.54, 1.807) is 12.5 Å². The van der Waals surface area contributed by atoms with Crippen LogP contribution in [0.1, 0.15) is 11.5 Å². The lowest BCUT2D eigenvalue weighted by Gasteiger charge is -1.99. The number of benzene rings is 1. The number of anilines is 1. The van der Waals surface area contributed by atoms with Crippen LogP contribution in [0, 0.1) is 0 Å². The summed E-state index contributed by atoms with van der Waals surface area (Å²) in [4.78, 5) is 4.06. The Bertz CT molecular complexity index is 395. The molecule has 1 heterocycles. The Hall–Kier alpha value is -1.77. The van der Waals surface area contributed by atoms with Crippen molar-refractivity contribution in [2.24, 2.45) is 0 Å². The fourth-order valence-electron chi connectivity index (χ4n) is 1.38. The molecule has 1 aromatic carbocycles. The number of oxazole rings is 1. The van der Waals surface area contributed by atoms with Crippen molar-refractivity contribution in [2.45, 2.75) is 12.8 Å². The van der Waals surface area contributed by atoms with Crippen LogP contribution in [0.15, 0.2) is 41.1 Å². The first-order valence-electron chi connectivity index (χ1n) is 4.57. The lowest BCUT2D eigenvalue weighted by Crippen LogP contribution is -1.93. The van der Waals surface area contributed by atoms with Crippen molar-refractivity contribution in [1.82, 2.24) is 4.98 Å². The molecule has 0 aliphatic carbocycles. The third-order valence-electron chi connectivity index (χ3n) is 2.06. The zero-order chi connectivity index (χ0) is 9.80. The number of rotatable bonds is 3. The van der Waals surface area contributed by atoms with Gasteiger partial charge in [-0.05, 0) is 24.1 Å². The zero-order valence-electron chi connectivity index (χ0n) is 7.81. The highest BCUT2D eigenvalue weighted by molar-refractivity contribution is 5.40. The van der Waals surface area contributed by atoms with Crippen molar-refractivity contribution in [3.63, 3.8) is 0 Å². The molecule has 0 amide bonds. The van der Waals surface area contributed by atoms with Crippen molar-refractivity contribution >= 4 is 5.69 Å². The Morgan fingerprint density at radius 3 is 2.93 bits per heavy atom. The minimum atomic E-state index is 0.771. The molecule has 14 heavy (non-hydrogen) atoms. The standard InChI is InChI=1S/C11H12N2O/c12-10-3-1-2-9(8-10)4-5-11-13-6-7-14-11/h1-3,6-8H,4-5,12H2. The van der Waals surface area contributed by atoms with E-state index in [2.05, 4.69) is 11.1 Å². The predicted octanol–water partition coefficient (Wildman–Crippen LogP) is 2.04. The lowest BCUT2D eigenvalue weighted by atomic mass is 10.1. The Balaban J connectivity index is 1.98. The van der Waals surface area contributed by atoms with Crippen LogP contribution in [0.5, 0.6) is 0 Å². The molecule has 0 unspecified atom stereocenters. The number of hydrogen-bond acceptors (Lipinski definition) is 3. The molecule has 0 aliphatic heterocycles. The van der Waals surface area contributed by atoms with Gasteiger partial charge in [-0.25, -0.2) is 4.98 Å². The average Bonchev–Trinajstić information content (AvgIpc) is 2.67. The van der Waals surface area contributed by atoms with E-state index in [9.17, 15) is 0 Å². The summed E-state index contributed by atoms with van der Waals surface area (Å²) >= 11 is 0. The maximum absolute atomic E-state index is 5.67. The fraction of sp³-hybridized carbons (Fsp3) is 0.182. The van der Waals surface area contributed by atoms with Crippen molar-refractivity contribution in [3.05, 3.63) is 48.2 Å². The van der Waals surface area contributed by atoms with Gasteiger partial charge in [0.1, 0.15) is 6.26 Å². The summed E-state index contributed by atoms with van der Waals surface area (Å²) in [5.74, 6) is 0.771. The second-order valence-electron chi connectivity index (χ2n) is 3.17. The molecule has 2 N–H and O–H groups in total. The van der Waals surface area contributed by atoms with Crippen LogP contribution >= 0.6 is 0 Å². The highest BCUT2D eigenvalue weighted by Gasteiger charge is 1.99. The minimum absolute atomic E-state index is 0.771. The number of nitrogens with zero attached hydrogens (tertiary/aromatic N) is 1. The van der Waals surface area contributed by atoms with Gasteiger partial charge in [0.2, 0.25) is 0 Å². The van der Waals surface area contributed by atoms with E-state index in [0.717, 1.165) is 24.4 Å². The number of nitrogen functional groups attached to an aromatic ring is 1. The molecule has 0 spiro atoms. The van der Waals surface area contributed by atoms with Crippen LogP contribution in [-0.4, -0.2) is 4.98 Å². The van der Waals surface area contributed by atoms with Gasteiger partial charge in [0.25, 0.3) is 0 Å². The number of hydrogen-bond donors (Lipinski definition) is 1. The van der Waals surface area contributed by atoms with Gasteiger partial charge in [0.05, 0.1) is 6.20 Å². The van der Waals surface area contributed by atoms with Crippen LogP contribution < -0.4 is 5.73 Å². The van der Waals surface area contributed by atoms with E-state index in [1.807, 2.05) is 18.2 Å². The van der Waals surface area contributed by atoms with Gasteiger partial charge in [-0.2, -0.15) is 0 Å². The molecule has 0 bridgehead atoms. The van der Waals surface area contributed by atoms with E-state index in [0.29, 0.717) is 0 Å². The number of aryl methyl sites for hydroxylation is 2. The first-order chi connectivity index (χ1) is 6.84. The van der Waals surface area contributed by atoms with Gasteiger partial charge in [-0.3, -0.25) is 0 Å². The molecular formula is C11H12N2O. The largest absolute Gasteiger partial charge is 0.449 e. The Morgan fingerprint density at radius 1 is 1.29 bits per heavy atom. The number of aromatic nitrogens is 1. The maximum Gasteiger partial charge on any atom is 0.194 e. The van der Waals surface area contributed by atoms with Crippen LogP contribution in [-0.2, 0) is 12.8 Å². The maximum atomic E-state index is 5.67. The summed E-state index contributed by atoms with van der Waals surface area (Å²) in [6.07, 6.45) is 4.98. The fourth-order valence-corrected chi connectivity index (χ4v) is 1.38. The van der Waals surface area contributed by atoms with Crippen molar-refractivity contribution < 1.29 is 4.42 Å². The monoisotopic (exact) mass is 188 g/mol. The minimum Gasteiger partial charge on any atom is -0.449 e. The second kappa shape index (κ2) is 3.96. The summed E-state index contributed by atoms with van der Waals surface area (Å²) in [5, 5.41) is 0. The third kappa shape index (κ3) is 2.13. The van der Waals surface area contributed by atoms with E-state index >= 15 is 0 Å². The SMILES string of the molecule is Nc1cccc(CCc2ncco2)c1. The van der Waals surface area contributed by atoms with Gasteiger partial charge < -0.3 is 10.2 Å². The Labute approximate surface area is 82.6 Å². The topological polar surface area (TPSA) is 52.0 Å². The highest BCUT2D eigenvalue weighted by Crippen LogP contribution is 2.09. The van der Waals surface area contributed by atoms with E-state index < -0.39 is 0 Å². The van der Waals surface area contributed by atoms with Crippen molar-refractivity contribution in [1.29, 1.82) is 0 Å². The van der Waals surface area contributed by atoms with E-state index in [1.165, 1.54) is 5.56 Å². The van der Waals surface area contributed by atoms with Gasteiger partial charge in [-0.15, -0.1) is 0 Å². The van der Waals surface area contributed by atoms with Gasteiger partial charge >= 0.3 is 0 Å². The smallest absolute Gasteiger partial charge is 0.194 e. The van der Waals surface area contributed by atoms with Gasteiger partial charge in [0.15, 0.2) is 5.89 Å². The first kappa shape index (κ1) is 8.81. The summed E-state index contributed by atoms with van der Waals surface area (Å²) in [7, 11) is 0. The predicted molar refractivity (Wildman–Crippen MR) is 54.8 cm³/mol. The summed E-state index contributed by atoms with van der Waals surface area (Å²) < 4.78 is 5.14. The molecule has 0 saturated heterocycles.